The van der Waals surface area contributed by atoms with Crippen molar-refractivity contribution in [2.45, 2.75) is 31.0 Å². The fraction of sp³-hybridized carbons (Fsp3) is 0.438. The fourth-order valence-electron chi connectivity index (χ4n) is 7.49. The number of nitrogens with one attached hydrogen (secondary N) is 1. The number of anilines is 1. The number of hydrogen-bond donors (Lipinski definition) is 4. The lowest BCUT2D eigenvalue weighted by Gasteiger charge is -2.52. The maximum Gasteiger partial charge on any atom is 0.412 e. The Morgan fingerprint density at radius 3 is 2.43 bits per heavy atom. The third-order valence-electron chi connectivity index (χ3n) is 9.58. The first-order chi connectivity index (χ1) is 22.2. The quantitative estimate of drug-likeness (QED) is 0.302. The molecule has 248 valence electrons. The fourth-order valence-corrected chi connectivity index (χ4v) is 7.49. The third kappa shape index (κ3) is 4.88. The number of amides is 2. The molecule has 2 unspecified atom stereocenters. The topological polar surface area (TPSA) is 215 Å². The van der Waals surface area contributed by atoms with Gasteiger partial charge in [0.1, 0.15) is 11.5 Å². The Hall–Kier alpha value is -5.02. The number of rotatable bonds is 6. The highest BCUT2D eigenvalue weighted by molar-refractivity contribution is 6.32. The SMILES string of the molecule is CN(C)c1cc(CNC(=O)Oc2ccc3c(c2)OCO3)c(O)c2c1C[C@H]1C[C@H]3[C@H](N(C)C)C(=O)C(C(N)=O)C(=O)[C@@]3(O)C(=O)C1C2=O. The molecule has 1 heterocycles. The number of fused-ring (bicyclic) bond motifs is 4. The maximum absolute atomic E-state index is 14.2. The Morgan fingerprint density at radius 2 is 1.77 bits per heavy atom. The van der Waals surface area contributed by atoms with Crippen molar-refractivity contribution in [2.24, 2.45) is 29.4 Å². The van der Waals surface area contributed by atoms with Crippen molar-refractivity contribution in [1.29, 1.82) is 0 Å². The van der Waals surface area contributed by atoms with Crippen LogP contribution in [0.25, 0.3) is 0 Å². The van der Waals surface area contributed by atoms with Crippen molar-refractivity contribution < 1.29 is 53.2 Å². The summed E-state index contributed by atoms with van der Waals surface area (Å²) in [6.45, 7) is -0.223. The first-order valence-electron chi connectivity index (χ1n) is 14.9. The van der Waals surface area contributed by atoms with E-state index in [9.17, 15) is 39.0 Å². The van der Waals surface area contributed by atoms with E-state index in [0.29, 0.717) is 22.7 Å². The van der Waals surface area contributed by atoms with Gasteiger partial charge >= 0.3 is 6.09 Å². The van der Waals surface area contributed by atoms with E-state index in [-0.39, 0.29) is 43.1 Å². The highest BCUT2D eigenvalue weighted by Gasteiger charge is 2.69. The lowest BCUT2D eigenvalue weighted by Crippen LogP contribution is -2.74. The van der Waals surface area contributed by atoms with Crippen LogP contribution in [0.5, 0.6) is 23.0 Å². The molecule has 6 atom stereocenters. The van der Waals surface area contributed by atoms with Gasteiger partial charge in [0.2, 0.25) is 12.7 Å². The molecule has 5 N–H and O–H groups in total. The largest absolute Gasteiger partial charge is 0.507 e. The molecule has 15 nitrogen and oxygen atoms in total. The molecule has 2 saturated carbocycles. The zero-order chi connectivity index (χ0) is 34.1. The average molecular weight is 651 g/mol. The second-order valence-corrected chi connectivity index (χ2v) is 12.7. The Morgan fingerprint density at radius 1 is 1.06 bits per heavy atom. The summed E-state index contributed by atoms with van der Waals surface area (Å²) in [5.74, 6) is -10.3. The van der Waals surface area contributed by atoms with E-state index >= 15 is 0 Å². The second kappa shape index (κ2) is 11.3. The number of hydrogen-bond acceptors (Lipinski definition) is 13. The first-order valence-corrected chi connectivity index (χ1v) is 14.9. The number of phenolic OH excluding ortho intramolecular Hbond substituents is 1. The number of benzene rings is 2. The van der Waals surface area contributed by atoms with Gasteiger partial charge in [0.25, 0.3) is 0 Å². The number of likely N-dealkylation sites (N-methyl/N-ethyl adjacent to an activating group) is 1. The molecule has 0 saturated heterocycles. The molecular weight excluding hydrogens is 616 g/mol. The van der Waals surface area contributed by atoms with E-state index in [1.54, 1.807) is 31.1 Å². The molecule has 0 bridgehead atoms. The van der Waals surface area contributed by atoms with Crippen LogP contribution in [-0.4, -0.2) is 96.9 Å². The molecule has 1 aliphatic heterocycles. The molecule has 2 aromatic rings. The number of carbonyl (C=O) groups is 6. The number of primary amides is 1. The summed E-state index contributed by atoms with van der Waals surface area (Å²) < 4.78 is 15.9. The van der Waals surface area contributed by atoms with E-state index in [2.05, 4.69) is 5.32 Å². The van der Waals surface area contributed by atoms with Crippen molar-refractivity contribution in [2.75, 3.05) is 39.9 Å². The number of aromatic hydroxyl groups is 1. The van der Waals surface area contributed by atoms with Crippen LogP contribution in [0.3, 0.4) is 0 Å². The van der Waals surface area contributed by atoms with Crippen molar-refractivity contribution in [3.63, 3.8) is 0 Å². The molecule has 2 fully saturated rings. The van der Waals surface area contributed by atoms with Gasteiger partial charge in [-0.15, -0.1) is 0 Å². The van der Waals surface area contributed by atoms with Crippen molar-refractivity contribution in [3.05, 3.63) is 41.0 Å². The Bertz CT molecular complexity index is 1750. The van der Waals surface area contributed by atoms with Gasteiger partial charge in [-0.25, -0.2) is 4.79 Å². The lowest BCUT2D eigenvalue weighted by molar-refractivity contribution is -0.181. The van der Waals surface area contributed by atoms with Crippen LogP contribution in [0.15, 0.2) is 24.3 Å². The first kappa shape index (κ1) is 31.9. The maximum atomic E-state index is 14.2. The summed E-state index contributed by atoms with van der Waals surface area (Å²) >= 11 is 0. The van der Waals surface area contributed by atoms with Crippen LogP contribution in [0.1, 0.15) is 27.9 Å². The summed E-state index contributed by atoms with van der Waals surface area (Å²) in [5.41, 5.74) is 3.49. The highest BCUT2D eigenvalue weighted by atomic mass is 16.7. The predicted molar refractivity (Wildman–Crippen MR) is 161 cm³/mol. The van der Waals surface area contributed by atoms with Crippen molar-refractivity contribution >= 4 is 40.8 Å². The smallest absolute Gasteiger partial charge is 0.412 e. The third-order valence-corrected chi connectivity index (χ3v) is 9.58. The number of Topliss-reactive ketones (excluding diaryl/α,β-unsaturated/α-hetero) is 4. The number of aliphatic hydroxyl groups is 1. The number of phenols is 1. The summed E-state index contributed by atoms with van der Waals surface area (Å²) in [6, 6.07) is 5.00. The van der Waals surface area contributed by atoms with Crippen LogP contribution in [0.2, 0.25) is 0 Å². The molecule has 2 amide bonds. The second-order valence-electron chi connectivity index (χ2n) is 12.7. The Labute approximate surface area is 268 Å². The van der Waals surface area contributed by atoms with Gasteiger partial charge in [-0.2, -0.15) is 0 Å². The van der Waals surface area contributed by atoms with Gasteiger partial charge < -0.3 is 40.4 Å². The zero-order valence-electron chi connectivity index (χ0n) is 26.1. The molecule has 4 aliphatic rings. The summed E-state index contributed by atoms with van der Waals surface area (Å²) in [6.07, 6.45) is -0.821. The molecular formula is C32H34N4O11. The van der Waals surface area contributed by atoms with Gasteiger partial charge in [0, 0.05) is 43.9 Å². The van der Waals surface area contributed by atoms with E-state index in [1.165, 1.54) is 31.1 Å². The van der Waals surface area contributed by atoms with Gasteiger partial charge in [-0.05, 0) is 56.6 Å². The highest BCUT2D eigenvalue weighted by Crippen LogP contribution is 2.52. The molecule has 0 aromatic heterocycles. The molecule has 0 spiro atoms. The standard InChI is InChI=1S/C32H34N4O11/c1-35(2)18-9-14(11-34-31(43)47-15-5-6-19-20(10-15)46-12-45-19)25(37)22-16(18)7-13-8-17-24(36(3)4)27(39)23(30(33)42)29(41)32(17,44)28(40)21(13)26(22)38/h5-6,9-10,13,17,21,23-24,37,44H,7-8,11-12H2,1-4H3,(H2,33,42)(H,34,43)/t13-,17-,21?,23?,24-,32-/m0/s1. The summed E-state index contributed by atoms with van der Waals surface area (Å²) in [4.78, 5) is 83.1. The number of carbonyl (C=O) groups excluding carboxylic acids is 6. The number of nitrogens with zero attached hydrogens (tertiary/aromatic N) is 2. The molecule has 15 heteroatoms. The van der Waals surface area contributed by atoms with Gasteiger partial charge in [-0.1, -0.05) is 0 Å². The van der Waals surface area contributed by atoms with Crippen LogP contribution in [-0.2, 0) is 32.1 Å². The van der Waals surface area contributed by atoms with E-state index in [4.69, 9.17) is 19.9 Å². The molecule has 3 aliphatic carbocycles. The van der Waals surface area contributed by atoms with Crippen LogP contribution >= 0.6 is 0 Å². The van der Waals surface area contributed by atoms with E-state index in [0.717, 1.165) is 0 Å². The van der Waals surface area contributed by atoms with Crippen LogP contribution < -0.4 is 30.2 Å². The summed E-state index contributed by atoms with van der Waals surface area (Å²) in [7, 11) is 6.50. The Balaban J connectivity index is 1.32. The zero-order valence-corrected chi connectivity index (χ0v) is 26.1. The van der Waals surface area contributed by atoms with Crippen LogP contribution in [0, 0.1) is 23.7 Å². The Kier molecular flexibility index (Phi) is 7.71. The molecule has 6 rings (SSSR count). The number of nitrogens with two attached hydrogens (primary N) is 1. The van der Waals surface area contributed by atoms with E-state index < -0.39 is 76.2 Å². The van der Waals surface area contributed by atoms with E-state index in [1.807, 2.05) is 0 Å². The minimum absolute atomic E-state index is 0.0447. The van der Waals surface area contributed by atoms with Gasteiger partial charge in [0.05, 0.1) is 17.5 Å². The molecule has 47 heavy (non-hydrogen) atoms. The minimum atomic E-state index is -2.82. The molecule has 2 aromatic carbocycles. The lowest BCUT2D eigenvalue weighted by atomic mass is 9.52. The average Bonchev–Trinajstić information content (AvgIpc) is 3.46. The normalized spacial score (nSPS) is 27.6. The minimum Gasteiger partial charge on any atom is -0.507 e. The molecule has 0 radical (unpaired) electrons. The van der Waals surface area contributed by atoms with Crippen molar-refractivity contribution in [1.82, 2.24) is 10.2 Å². The number of ether oxygens (including phenoxy) is 3. The van der Waals surface area contributed by atoms with Crippen LogP contribution in [0.4, 0.5) is 10.5 Å². The predicted octanol–water partition coefficient (Wildman–Crippen LogP) is -0.0497. The van der Waals surface area contributed by atoms with Gasteiger partial charge in [-0.3, -0.25) is 28.9 Å². The van der Waals surface area contributed by atoms with Gasteiger partial charge in [0.15, 0.2) is 46.2 Å². The number of ketones is 4. The van der Waals surface area contributed by atoms with Crippen molar-refractivity contribution in [3.8, 4) is 23.0 Å². The monoisotopic (exact) mass is 650 g/mol. The summed E-state index contributed by atoms with van der Waals surface area (Å²) in [5, 5.41) is 25.7.